The van der Waals surface area contributed by atoms with Crippen LogP contribution >= 0.6 is 0 Å². The van der Waals surface area contributed by atoms with Gasteiger partial charge in [-0.05, 0) is 75.7 Å². The summed E-state index contributed by atoms with van der Waals surface area (Å²) in [5.41, 5.74) is 0.181. The summed E-state index contributed by atoms with van der Waals surface area (Å²) in [6.07, 6.45) is 11.2. The first-order valence-corrected chi connectivity index (χ1v) is 13.9. The summed E-state index contributed by atoms with van der Waals surface area (Å²) < 4.78 is 12.3. The maximum atomic E-state index is 13.9. The van der Waals surface area contributed by atoms with Gasteiger partial charge >= 0.3 is 5.97 Å². The van der Waals surface area contributed by atoms with Crippen LogP contribution in [0.4, 0.5) is 0 Å². The zero-order valence-corrected chi connectivity index (χ0v) is 21.9. The Balaban J connectivity index is 1.30. The van der Waals surface area contributed by atoms with Crippen LogP contribution in [0, 0.1) is 11.8 Å². The minimum Gasteiger partial charge on any atom is -0.494 e. The maximum absolute atomic E-state index is 13.9. The number of para-hydroxylation sites is 1. The Hall–Kier alpha value is -2.59. The lowest BCUT2D eigenvalue weighted by Crippen LogP contribution is -2.56. The molecule has 0 saturated heterocycles. The van der Waals surface area contributed by atoms with E-state index in [1.165, 1.54) is 12.8 Å². The number of benzene rings is 2. The highest BCUT2D eigenvalue weighted by molar-refractivity contribution is 5.83. The standard InChI is InChI=1S/C32H43NO3/c1-3-26-25-31(2,29(26)19-23-33-22-14-24-35-28-17-10-7-11-18-28)36-30(34)32(20-12-4-5-13-21-32)27-15-8-6-9-16-27/h3,6-11,15-18,26,29,33H,1,4-5,12-14,19-25H2,2H3/t26?,29?,31-/m0/s1. The van der Waals surface area contributed by atoms with Gasteiger partial charge in [-0.1, -0.05) is 80.3 Å². The Morgan fingerprint density at radius 2 is 1.67 bits per heavy atom. The van der Waals surface area contributed by atoms with Crippen molar-refractivity contribution in [3.05, 3.63) is 78.9 Å². The molecule has 2 saturated carbocycles. The van der Waals surface area contributed by atoms with Gasteiger partial charge in [-0.25, -0.2) is 0 Å². The number of esters is 1. The van der Waals surface area contributed by atoms with Crippen LogP contribution in [0.5, 0.6) is 5.75 Å². The van der Waals surface area contributed by atoms with Gasteiger partial charge in [0.2, 0.25) is 0 Å². The molecule has 0 bridgehead atoms. The predicted molar refractivity (Wildman–Crippen MR) is 146 cm³/mol. The summed E-state index contributed by atoms with van der Waals surface area (Å²) in [4.78, 5) is 13.9. The lowest BCUT2D eigenvalue weighted by molar-refractivity contribution is -0.194. The summed E-state index contributed by atoms with van der Waals surface area (Å²) in [7, 11) is 0. The molecule has 2 aliphatic carbocycles. The van der Waals surface area contributed by atoms with Gasteiger partial charge in [0, 0.05) is 5.92 Å². The molecule has 4 heteroatoms. The van der Waals surface area contributed by atoms with Gasteiger partial charge < -0.3 is 14.8 Å². The molecule has 2 aromatic carbocycles. The topological polar surface area (TPSA) is 47.6 Å². The van der Waals surface area contributed by atoms with Gasteiger partial charge in [0.15, 0.2) is 0 Å². The van der Waals surface area contributed by atoms with Crippen LogP contribution in [0.25, 0.3) is 0 Å². The normalized spacial score (nSPS) is 25.2. The molecule has 0 aliphatic heterocycles. The van der Waals surface area contributed by atoms with Crippen molar-refractivity contribution in [3.63, 3.8) is 0 Å². The number of nitrogens with one attached hydrogen (secondary N) is 1. The highest BCUT2D eigenvalue weighted by Gasteiger charge is 2.54. The summed E-state index contributed by atoms with van der Waals surface area (Å²) in [5, 5.41) is 3.56. The van der Waals surface area contributed by atoms with E-state index in [1.807, 2.05) is 54.6 Å². The van der Waals surface area contributed by atoms with E-state index in [0.29, 0.717) is 18.4 Å². The molecule has 4 nitrogen and oxygen atoms in total. The zero-order chi connectivity index (χ0) is 25.3. The van der Waals surface area contributed by atoms with Crippen LogP contribution < -0.4 is 10.1 Å². The van der Waals surface area contributed by atoms with E-state index in [4.69, 9.17) is 9.47 Å². The molecule has 194 valence electrons. The molecule has 0 spiro atoms. The van der Waals surface area contributed by atoms with Gasteiger partial charge in [0.25, 0.3) is 0 Å². The van der Waals surface area contributed by atoms with Crippen LogP contribution in [-0.4, -0.2) is 31.3 Å². The minimum absolute atomic E-state index is 0.0170. The average Bonchev–Trinajstić information content (AvgIpc) is 3.17. The molecule has 2 unspecified atom stereocenters. The van der Waals surface area contributed by atoms with Crippen molar-refractivity contribution in [3.8, 4) is 5.75 Å². The van der Waals surface area contributed by atoms with Crippen LogP contribution in [0.3, 0.4) is 0 Å². The van der Waals surface area contributed by atoms with Gasteiger partial charge in [0.05, 0.1) is 12.0 Å². The Bertz CT molecular complexity index is 952. The minimum atomic E-state index is -0.512. The number of hydrogen-bond acceptors (Lipinski definition) is 4. The predicted octanol–water partition coefficient (Wildman–Crippen LogP) is 6.85. The van der Waals surface area contributed by atoms with E-state index in [2.05, 4.69) is 31.0 Å². The SMILES string of the molecule is C=CC1C[C@](C)(OC(=O)C2(c3ccccc3)CCCCCC2)C1CCNCCCOc1ccccc1. The number of ether oxygens (including phenoxy) is 2. The van der Waals surface area contributed by atoms with Crippen LogP contribution in [0.15, 0.2) is 73.3 Å². The van der Waals surface area contributed by atoms with Crippen LogP contribution in [0.1, 0.15) is 70.3 Å². The third kappa shape index (κ3) is 6.21. The largest absolute Gasteiger partial charge is 0.494 e. The first-order valence-electron chi connectivity index (χ1n) is 13.9. The van der Waals surface area contributed by atoms with Crippen molar-refractivity contribution in [1.82, 2.24) is 5.32 Å². The third-order valence-corrected chi connectivity index (χ3v) is 8.39. The summed E-state index contributed by atoms with van der Waals surface area (Å²) in [6, 6.07) is 20.3. The first kappa shape index (κ1) is 26.5. The fourth-order valence-electron chi connectivity index (χ4n) is 6.23. The average molecular weight is 490 g/mol. The monoisotopic (exact) mass is 489 g/mol. The fourth-order valence-corrected chi connectivity index (χ4v) is 6.23. The smallest absolute Gasteiger partial charge is 0.317 e. The molecule has 3 atom stereocenters. The Labute approximate surface area is 217 Å². The van der Waals surface area contributed by atoms with Crippen molar-refractivity contribution in [2.45, 2.75) is 75.7 Å². The van der Waals surface area contributed by atoms with Crippen molar-refractivity contribution >= 4 is 5.97 Å². The number of allylic oxidation sites excluding steroid dienone is 1. The van der Waals surface area contributed by atoms with Crippen LogP contribution in [0.2, 0.25) is 0 Å². The lowest BCUT2D eigenvalue weighted by Gasteiger charge is -2.52. The molecule has 0 radical (unpaired) electrons. The highest BCUT2D eigenvalue weighted by Crippen LogP contribution is 2.51. The first-order chi connectivity index (χ1) is 17.6. The molecule has 2 fully saturated rings. The van der Waals surface area contributed by atoms with E-state index in [9.17, 15) is 4.79 Å². The molecule has 0 aromatic heterocycles. The Kier molecular flexibility index (Phi) is 9.25. The van der Waals surface area contributed by atoms with Crippen molar-refractivity contribution in [2.75, 3.05) is 19.7 Å². The fraction of sp³-hybridized carbons (Fsp3) is 0.531. The Morgan fingerprint density at radius 1 is 1.00 bits per heavy atom. The Morgan fingerprint density at radius 3 is 2.33 bits per heavy atom. The van der Waals surface area contributed by atoms with E-state index < -0.39 is 11.0 Å². The highest BCUT2D eigenvalue weighted by atomic mass is 16.6. The number of carbonyl (C=O) groups is 1. The zero-order valence-electron chi connectivity index (χ0n) is 21.9. The van der Waals surface area contributed by atoms with Crippen molar-refractivity contribution in [1.29, 1.82) is 0 Å². The quantitative estimate of drug-likeness (QED) is 0.153. The molecular weight excluding hydrogens is 446 g/mol. The van der Waals surface area contributed by atoms with Crippen molar-refractivity contribution < 1.29 is 14.3 Å². The van der Waals surface area contributed by atoms with E-state index in [0.717, 1.165) is 69.3 Å². The summed E-state index contributed by atoms with van der Waals surface area (Å²) in [5.74, 6) is 1.59. The molecule has 2 aliphatic rings. The third-order valence-electron chi connectivity index (χ3n) is 8.39. The van der Waals surface area contributed by atoms with Gasteiger partial charge in [0.1, 0.15) is 11.4 Å². The van der Waals surface area contributed by atoms with Gasteiger partial charge in [-0.15, -0.1) is 6.58 Å². The summed E-state index contributed by atoms with van der Waals surface area (Å²) in [6.45, 7) is 8.71. The molecule has 0 amide bonds. The number of rotatable bonds is 12. The molecule has 1 N–H and O–H groups in total. The van der Waals surface area contributed by atoms with Gasteiger partial charge in [-0.3, -0.25) is 4.79 Å². The van der Waals surface area contributed by atoms with E-state index >= 15 is 0 Å². The van der Waals surface area contributed by atoms with Gasteiger partial charge in [-0.2, -0.15) is 0 Å². The van der Waals surface area contributed by atoms with Crippen molar-refractivity contribution in [2.24, 2.45) is 11.8 Å². The molecule has 2 aromatic rings. The molecule has 36 heavy (non-hydrogen) atoms. The maximum Gasteiger partial charge on any atom is 0.317 e. The second kappa shape index (κ2) is 12.6. The second-order valence-corrected chi connectivity index (χ2v) is 10.8. The van der Waals surface area contributed by atoms with E-state index in [-0.39, 0.29) is 5.97 Å². The molecular formula is C32H43NO3. The second-order valence-electron chi connectivity index (χ2n) is 10.8. The molecule has 0 heterocycles. The lowest BCUT2D eigenvalue weighted by atomic mass is 9.60. The van der Waals surface area contributed by atoms with Crippen LogP contribution in [-0.2, 0) is 14.9 Å². The summed E-state index contributed by atoms with van der Waals surface area (Å²) >= 11 is 0. The number of carbonyl (C=O) groups excluding carboxylic acids is 1. The molecule has 4 rings (SSSR count). The van der Waals surface area contributed by atoms with E-state index in [1.54, 1.807) is 0 Å². The number of hydrogen-bond donors (Lipinski definition) is 1.